The Labute approximate surface area is 116 Å². The quantitative estimate of drug-likeness (QED) is 0.751. The Bertz CT molecular complexity index is 254. The molecule has 0 atom stereocenters. The molecule has 86 valence electrons. The maximum Gasteiger partial charge on any atom is 2.00 e. The molecule has 2 nitrogen and oxygen atoms in total. The molecule has 2 aliphatic carbocycles. The van der Waals surface area contributed by atoms with Crippen molar-refractivity contribution in [1.29, 1.82) is 0 Å². The smallest absolute Gasteiger partial charge is 0.337 e. The van der Waals surface area contributed by atoms with E-state index >= 15 is 0 Å². The molecule has 0 saturated heterocycles. The number of rotatable bonds is 2. The Kier molecular flexibility index (Phi) is 7.63. The molecule has 0 aromatic carbocycles. The maximum atomic E-state index is 3.97. The maximum absolute atomic E-state index is 3.97. The van der Waals surface area contributed by atoms with Gasteiger partial charge in [0.1, 0.15) is 0 Å². The summed E-state index contributed by atoms with van der Waals surface area (Å²) in [6.07, 6.45) is 23.9. The second-order valence-corrected chi connectivity index (χ2v) is 3.49. The van der Waals surface area contributed by atoms with E-state index in [4.69, 9.17) is 0 Å². The van der Waals surface area contributed by atoms with Crippen LogP contribution in [0.25, 0.3) is 0 Å². The standard InChI is InChI=1S/C9H9N2.C5H5.Fe/c1-2-4-9(3-1)7-11-6-5-10-8-11;1-2-4-5-3-1;/h1-6,8H,7H2;1-5H;/q;;+2. The van der Waals surface area contributed by atoms with Crippen molar-refractivity contribution in [2.45, 2.75) is 6.54 Å². The Hall–Kier alpha value is -0.271. The number of hydrogen-bond acceptors (Lipinski definition) is 1. The van der Waals surface area contributed by atoms with Gasteiger partial charge in [-0.1, -0.05) is 0 Å². The largest absolute Gasteiger partial charge is 2.00 e. The van der Waals surface area contributed by atoms with Crippen molar-refractivity contribution in [1.82, 2.24) is 9.55 Å². The van der Waals surface area contributed by atoms with E-state index in [1.165, 1.54) is 5.92 Å². The average Bonchev–Trinajstić information content (AvgIpc) is 3.05. The fourth-order valence-corrected chi connectivity index (χ4v) is 1.43. The zero-order valence-corrected chi connectivity index (χ0v) is 10.5. The molecule has 0 unspecified atom stereocenters. The predicted molar refractivity (Wildman–Crippen MR) is 64.2 cm³/mol. The molecule has 0 aliphatic heterocycles. The molecule has 1 aromatic rings. The predicted octanol–water partition coefficient (Wildman–Crippen LogP) is 2.31. The van der Waals surface area contributed by atoms with Crippen LogP contribution in [0.2, 0.25) is 0 Å². The molecule has 10 radical (unpaired) electrons. The van der Waals surface area contributed by atoms with Gasteiger partial charge in [0.25, 0.3) is 0 Å². The van der Waals surface area contributed by atoms with Gasteiger partial charge in [-0.3, -0.25) is 0 Å². The van der Waals surface area contributed by atoms with Crippen molar-refractivity contribution in [3.63, 3.8) is 0 Å². The molecule has 3 heteroatoms. The zero-order chi connectivity index (χ0) is 11.1. The summed E-state index contributed by atoms with van der Waals surface area (Å²) in [5.41, 5.74) is 0. The van der Waals surface area contributed by atoms with Gasteiger partial charge >= 0.3 is 17.1 Å². The minimum Gasteiger partial charge on any atom is -0.337 e. The molecule has 3 rings (SSSR count). The Morgan fingerprint density at radius 1 is 0.882 bits per heavy atom. The van der Waals surface area contributed by atoms with Crippen LogP contribution in [-0.2, 0) is 23.6 Å². The molecule has 17 heavy (non-hydrogen) atoms. The van der Waals surface area contributed by atoms with Gasteiger partial charge in [-0.2, -0.15) is 0 Å². The topological polar surface area (TPSA) is 17.8 Å². The van der Waals surface area contributed by atoms with Gasteiger partial charge in [0, 0.05) is 24.9 Å². The second kappa shape index (κ2) is 8.77. The average molecular weight is 266 g/mol. The minimum atomic E-state index is 0. The van der Waals surface area contributed by atoms with Crippen LogP contribution in [0.3, 0.4) is 0 Å². The van der Waals surface area contributed by atoms with E-state index < -0.39 is 0 Å². The first-order chi connectivity index (χ1) is 7.95. The van der Waals surface area contributed by atoms with Crippen molar-refractivity contribution in [3.05, 3.63) is 82.4 Å². The van der Waals surface area contributed by atoms with E-state index in [9.17, 15) is 0 Å². The van der Waals surface area contributed by atoms with E-state index in [-0.39, 0.29) is 17.1 Å². The molecule has 0 N–H and O–H groups in total. The summed E-state index contributed by atoms with van der Waals surface area (Å²) >= 11 is 0. The third-order valence-corrected chi connectivity index (χ3v) is 2.21. The van der Waals surface area contributed by atoms with Crippen LogP contribution < -0.4 is 0 Å². The Morgan fingerprint density at radius 3 is 1.94 bits per heavy atom. The monoisotopic (exact) mass is 266 g/mol. The van der Waals surface area contributed by atoms with E-state index in [0.717, 1.165) is 6.54 Å². The molecule has 0 spiro atoms. The van der Waals surface area contributed by atoms with Crippen LogP contribution in [0.1, 0.15) is 0 Å². The molecule has 2 saturated carbocycles. The van der Waals surface area contributed by atoms with Crippen LogP contribution in [0, 0.1) is 63.7 Å². The first-order valence-corrected chi connectivity index (χ1v) is 5.28. The van der Waals surface area contributed by atoms with Crippen molar-refractivity contribution in [2.75, 3.05) is 0 Å². The summed E-state index contributed by atoms with van der Waals surface area (Å²) in [5, 5.41) is 0. The molecule has 2 fully saturated rings. The molecular weight excluding hydrogens is 252 g/mol. The van der Waals surface area contributed by atoms with Crippen LogP contribution in [0.5, 0.6) is 0 Å². The first kappa shape index (κ1) is 14.8. The molecular formula is C14H14FeN2+2. The van der Waals surface area contributed by atoms with Crippen molar-refractivity contribution in [3.8, 4) is 0 Å². The van der Waals surface area contributed by atoms with E-state index in [2.05, 4.69) is 22.4 Å². The summed E-state index contributed by atoms with van der Waals surface area (Å²) in [6.45, 7) is 0.924. The van der Waals surface area contributed by atoms with Gasteiger partial charge in [0.2, 0.25) is 0 Å². The Morgan fingerprint density at radius 2 is 1.47 bits per heavy atom. The summed E-state index contributed by atoms with van der Waals surface area (Å²) < 4.78 is 2.05. The van der Waals surface area contributed by atoms with Crippen molar-refractivity contribution < 1.29 is 17.1 Å². The van der Waals surface area contributed by atoms with Gasteiger partial charge in [0.15, 0.2) is 0 Å². The summed E-state index contributed by atoms with van der Waals surface area (Å²) in [7, 11) is 0. The SMILES string of the molecule is [CH]1[CH][CH][CH][CH]1.[CH]1[CH][CH][C](Cn2ccnc2)[CH]1.[Fe+2]. The summed E-state index contributed by atoms with van der Waals surface area (Å²) in [4.78, 5) is 3.97. The third-order valence-electron chi connectivity index (χ3n) is 2.21. The van der Waals surface area contributed by atoms with Gasteiger partial charge in [-0.25, -0.2) is 4.98 Å². The van der Waals surface area contributed by atoms with Gasteiger partial charge in [0.05, 0.1) is 6.33 Å². The third kappa shape index (κ3) is 5.74. The van der Waals surface area contributed by atoms with Crippen LogP contribution in [0.4, 0.5) is 0 Å². The van der Waals surface area contributed by atoms with Crippen LogP contribution in [0.15, 0.2) is 18.7 Å². The molecule has 1 heterocycles. The molecule has 0 bridgehead atoms. The minimum absolute atomic E-state index is 0. The molecule has 1 aromatic heterocycles. The summed E-state index contributed by atoms with van der Waals surface area (Å²) in [6, 6.07) is 0. The van der Waals surface area contributed by atoms with E-state index in [0.29, 0.717) is 0 Å². The van der Waals surface area contributed by atoms with Crippen LogP contribution in [-0.4, -0.2) is 9.55 Å². The number of aromatic nitrogens is 2. The zero-order valence-electron chi connectivity index (χ0n) is 9.38. The van der Waals surface area contributed by atoms with E-state index in [1.54, 1.807) is 6.20 Å². The number of hydrogen-bond donors (Lipinski definition) is 0. The van der Waals surface area contributed by atoms with Gasteiger partial charge < -0.3 is 4.57 Å². The second-order valence-electron chi connectivity index (χ2n) is 3.49. The normalized spacial score (nSPS) is 19.5. The van der Waals surface area contributed by atoms with Crippen molar-refractivity contribution >= 4 is 0 Å². The number of imidazole rings is 1. The summed E-state index contributed by atoms with van der Waals surface area (Å²) in [5.74, 6) is 1.32. The Balaban J connectivity index is 0.000000205. The fourth-order valence-electron chi connectivity index (χ4n) is 1.43. The van der Waals surface area contributed by atoms with Crippen LogP contribution >= 0.6 is 0 Å². The molecule has 0 amide bonds. The molecule has 2 aliphatic rings. The van der Waals surface area contributed by atoms with E-state index in [1.807, 2.05) is 57.5 Å². The number of nitrogens with zero attached hydrogens (tertiary/aromatic N) is 2. The fraction of sp³-hybridized carbons (Fsp3) is 0.0714. The first-order valence-electron chi connectivity index (χ1n) is 5.28. The van der Waals surface area contributed by atoms with Gasteiger partial charge in [-0.15, -0.1) is 0 Å². The van der Waals surface area contributed by atoms with Crippen molar-refractivity contribution in [2.24, 2.45) is 0 Å². The van der Waals surface area contributed by atoms with Gasteiger partial charge in [-0.05, 0) is 57.8 Å².